The van der Waals surface area contributed by atoms with Crippen molar-refractivity contribution in [1.82, 2.24) is 20.2 Å². The quantitative estimate of drug-likeness (QED) is 0.752. The second-order valence-corrected chi connectivity index (χ2v) is 4.16. The highest BCUT2D eigenvalue weighted by atomic mass is 16.1. The molecule has 98 valence electrons. The second kappa shape index (κ2) is 4.93. The number of H-pyrrole nitrogens is 1. The third-order valence-electron chi connectivity index (χ3n) is 2.84. The molecule has 0 radical (unpaired) electrons. The molecule has 0 aliphatic carbocycles. The molecule has 3 N–H and O–H groups in total. The van der Waals surface area contributed by atoms with E-state index < -0.39 is 5.91 Å². The van der Waals surface area contributed by atoms with Gasteiger partial charge in [-0.2, -0.15) is 5.10 Å². The van der Waals surface area contributed by atoms with Crippen LogP contribution in [0.2, 0.25) is 0 Å². The van der Waals surface area contributed by atoms with Gasteiger partial charge in [-0.25, -0.2) is 9.97 Å². The van der Waals surface area contributed by atoms with Gasteiger partial charge in [-0.05, 0) is 6.07 Å². The Morgan fingerprint density at radius 3 is 2.60 bits per heavy atom. The maximum Gasteiger partial charge on any atom is 0.252 e. The van der Waals surface area contributed by atoms with Crippen LogP contribution in [-0.2, 0) is 0 Å². The summed E-state index contributed by atoms with van der Waals surface area (Å²) in [4.78, 5) is 20.1. The van der Waals surface area contributed by atoms with Gasteiger partial charge in [0, 0.05) is 18.0 Å². The normalized spacial score (nSPS) is 10.4. The van der Waals surface area contributed by atoms with E-state index >= 15 is 0 Å². The van der Waals surface area contributed by atoms with E-state index in [0.29, 0.717) is 17.2 Å². The number of benzene rings is 1. The number of nitrogens with one attached hydrogen (secondary N) is 1. The van der Waals surface area contributed by atoms with E-state index in [2.05, 4.69) is 20.2 Å². The number of rotatable bonds is 3. The molecule has 0 spiro atoms. The van der Waals surface area contributed by atoms with Crippen molar-refractivity contribution >= 4 is 5.91 Å². The Labute approximate surface area is 114 Å². The van der Waals surface area contributed by atoms with Gasteiger partial charge in [0.25, 0.3) is 5.91 Å². The van der Waals surface area contributed by atoms with Gasteiger partial charge < -0.3 is 5.73 Å². The van der Waals surface area contributed by atoms with Crippen molar-refractivity contribution in [2.24, 2.45) is 5.73 Å². The zero-order valence-corrected chi connectivity index (χ0v) is 10.4. The molecule has 3 aromatic rings. The van der Waals surface area contributed by atoms with Crippen LogP contribution in [0, 0.1) is 0 Å². The van der Waals surface area contributed by atoms with Gasteiger partial charge in [-0.3, -0.25) is 9.89 Å². The average molecular weight is 265 g/mol. The molecule has 1 amide bonds. The molecular weight excluding hydrogens is 254 g/mol. The summed E-state index contributed by atoms with van der Waals surface area (Å²) in [5, 5.41) is 6.64. The highest BCUT2D eigenvalue weighted by Gasteiger charge is 2.15. The van der Waals surface area contributed by atoms with Gasteiger partial charge in [0.1, 0.15) is 5.69 Å². The minimum Gasteiger partial charge on any atom is -0.365 e. The highest BCUT2D eigenvalue weighted by molar-refractivity contribution is 5.98. The smallest absolute Gasteiger partial charge is 0.252 e. The predicted molar refractivity (Wildman–Crippen MR) is 73.6 cm³/mol. The maximum absolute atomic E-state index is 11.5. The van der Waals surface area contributed by atoms with Crippen molar-refractivity contribution < 1.29 is 4.79 Å². The van der Waals surface area contributed by atoms with Crippen molar-refractivity contribution in [3.63, 3.8) is 0 Å². The number of aromatic nitrogens is 4. The lowest BCUT2D eigenvalue weighted by Crippen LogP contribution is -2.14. The molecule has 6 heteroatoms. The van der Waals surface area contributed by atoms with Crippen LogP contribution in [0.5, 0.6) is 0 Å². The van der Waals surface area contributed by atoms with Crippen LogP contribution in [-0.4, -0.2) is 26.1 Å². The zero-order valence-electron chi connectivity index (χ0n) is 10.4. The molecule has 2 heterocycles. The van der Waals surface area contributed by atoms with Crippen LogP contribution in [0.15, 0.2) is 48.8 Å². The number of hydrogen-bond acceptors (Lipinski definition) is 4. The van der Waals surface area contributed by atoms with Crippen LogP contribution in [0.25, 0.3) is 22.8 Å². The number of carbonyl (C=O) groups is 1. The number of carbonyl (C=O) groups excluding carboxylic acids is 1. The van der Waals surface area contributed by atoms with Gasteiger partial charge in [0.15, 0.2) is 5.82 Å². The van der Waals surface area contributed by atoms with Gasteiger partial charge in [0.2, 0.25) is 0 Å². The molecule has 0 saturated heterocycles. The summed E-state index contributed by atoms with van der Waals surface area (Å²) in [6, 6.07) is 11.2. The van der Waals surface area contributed by atoms with Crippen LogP contribution < -0.4 is 5.73 Å². The van der Waals surface area contributed by atoms with E-state index in [1.165, 1.54) is 6.20 Å². The third-order valence-corrected chi connectivity index (χ3v) is 2.84. The van der Waals surface area contributed by atoms with Crippen molar-refractivity contribution in [2.75, 3.05) is 0 Å². The SMILES string of the molecule is NC(=O)c1cnc(-c2ccccc2)nc1-c1ccn[nH]1. The number of hydrogen-bond donors (Lipinski definition) is 2. The molecule has 20 heavy (non-hydrogen) atoms. The van der Waals surface area contributed by atoms with E-state index in [0.717, 1.165) is 5.56 Å². The van der Waals surface area contributed by atoms with Crippen molar-refractivity contribution in [1.29, 1.82) is 0 Å². The monoisotopic (exact) mass is 265 g/mol. The molecule has 3 rings (SSSR count). The lowest BCUT2D eigenvalue weighted by atomic mass is 10.1. The number of amides is 1. The van der Waals surface area contributed by atoms with Gasteiger partial charge in [0.05, 0.1) is 11.3 Å². The predicted octanol–water partition coefficient (Wildman–Crippen LogP) is 1.63. The van der Waals surface area contributed by atoms with E-state index in [1.807, 2.05) is 30.3 Å². The summed E-state index contributed by atoms with van der Waals surface area (Å²) in [5.74, 6) is -0.0468. The molecule has 0 unspecified atom stereocenters. The molecule has 0 saturated carbocycles. The van der Waals surface area contributed by atoms with Crippen LogP contribution in [0.3, 0.4) is 0 Å². The Kier molecular flexibility index (Phi) is 2.96. The number of nitrogens with two attached hydrogens (primary N) is 1. The first-order valence-corrected chi connectivity index (χ1v) is 5.97. The first-order chi connectivity index (χ1) is 9.75. The summed E-state index contributed by atoms with van der Waals surface area (Å²) in [6.45, 7) is 0. The van der Waals surface area contributed by atoms with E-state index in [1.54, 1.807) is 12.3 Å². The molecule has 6 nitrogen and oxygen atoms in total. The Balaban J connectivity index is 2.17. The maximum atomic E-state index is 11.5. The fraction of sp³-hybridized carbons (Fsp3) is 0. The van der Waals surface area contributed by atoms with Gasteiger partial charge in [-0.15, -0.1) is 0 Å². The average Bonchev–Trinajstić information content (AvgIpc) is 3.01. The van der Waals surface area contributed by atoms with E-state index in [-0.39, 0.29) is 5.56 Å². The van der Waals surface area contributed by atoms with Crippen molar-refractivity contribution in [3.05, 3.63) is 54.4 Å². The van der Waals surface area contributed by atoms with Crippen LogP contribution >= 0.6 is 0 Å². The molecule has 1 aromatic carbocycles. The highest BCUT2D eigenvalue weighted by Crippen LogP contribution is 2.22. The molecular formula is C14H11N5O. The third kappa shape index (κ3) is 2.14. The summed E-state index contributed by atoms with van der Waals surface area (Å²) in [6.07, 6.45) is 3.03. The molecule has 2 aromatic heterocycles. The van der Waals surface area contributed by atoms with E-state index in [4.69, 9.17) is 5.73 Å². The minimum atomic E-state index is -0.575. The van der Waals surface area contributed by atoms with Gasteiger partial charge >= 0.3 is 0 Å². The second-order valence-electron chi connectivity index (χ2n) is 4.16. The fourth-order valence-corrected chi connectivity index (χ4v) is 1.88. The largest absolute Gasteiger partial charge is 0.365 e. The molecule has 0 atom stereocenters. The molecule has 0 aliphatic rings. The van der Waals surface area contributed by atoms with Crippen molar-refractivity contribution in [3.8, 4) is 22.8 Å². The minimum absolute atomic E-state index is 0.258. The zero-order chi connectivity index (χ0) is 13.9. The number of primary amides is 1. The Hall–Kier alpha value is -3.02. The summed E-state index contributed by atoms with van der Waals surface area (Å²) in [7, 11) is 0. The van der Waals surface area contributed by atoms with Crippen LogP contribution in [0.1, 0.15) is 10.4 Å². The Morgan fingerprint density at radius 2 is 1.95 bits per heavy atom. The van der Waals surface area contributed by atoms with Gasteiger partial charge in [-0.1, -0.05) is 30.3 Å². The first-order valence-electron chi connectivity index (χ1n) is 5.97. The topological polar surface area (TPSA) is 97.6 Å². The lowest BCUT2D eigenvalue weighted by Gasteiger charge is -2.06. The number of nitrogens with zero attached hydrogens (tertiary/aromatic N) is 3. The molecule has 0 aliphatic heterocycles. The molecule has 0 bridgehead atoms. The summed E-state index contributed by atoms with van der Waals surface area (Å²) in [5.41, 5.74) is 7.55. The van der Waals surface area contributed by atoms with Crippen molar-refractivity contribution in [2.45, 2.75) is 0 Å². The fourth-order valence-electron chi connectivity index (χ4n) is 1.88. The first kappa shape index (κ1) is 12.0. The summed E-state index contributed by atoms with van der Waals surface area (Å²) >= 11 is 0. The van der Waals surface area contributed by atoms with E-state index in [9.17, 15) is 4.79 Å². The number of aromatic amines is 1. The standard InChI is InChI=1S/C14H11N5O/c15-13(20)10-8-16-14(9-4-2-1-3-5-9)18-12(10)11-6-7-17-19-11/h1-8H,(H2,15,20)(H,17,19). The summed E-state index contributed by atoms with van der Waals surface area (Å²) < 4.78 is 0. The molecule has 0 fully saturated rings. The van der Waals surface area contributed by atoms with Crippen LogP contribution in [0.4, 0.5) is 0 Å². The Bertz CT molecular complexity index is 738. The Morgan fingerprint density at radius 1 is 1.15 bits per heavy atom. The lowest BCUT2D eigenvalue weighted by molar-refractivity contribution is 0.100.